The van der Waals surface area contributed by atoms with Crippen LogP contribution in [0.5, 0.6) is 0 Å². The Balaban J connectivity index is 2.39. The average Bonchev–Trinajstić information content (AvgIpc) is 2.75. The molecule has 2 aromatic rings. The van der Waals surface area contributed by atoms with E-state index < -0.39 is 5.41 Å². The van der Waals surface area contributed by atoms with Crippen molar-refractivity contribution < 1.29 is 9.50 Å². The normalized spacial score (nSPS) is 14.2. The van der Waals surface area contributed by atoms with E-state index in [1.807, 2.05) is 13.8 Å². The van der Waals surface area contributed by atoms with Gasteiger partial charge in [0.05, 0.1) is 17.3 Å². The van der Waals surface area contributed by atoms with Crippen molar-refractivity contribution in [3.05, 3.63) is 51.2 Å². The highest BCUT2D eigenvalue weighted by Crippen LogP contribution is 2.30. The Morgan fingerprint density at radius 3 is 2.65 bits per heavy atom. The fourth-order valence-electron chi connectivity index (χ4n) is 2.23. The molecular formula is C15H19FN2OS. The van der Waals surface area contributed by atoms with Gasteiger partial charge in [0, 0.05) is 23.3 Å². The molecule has 2 rings (SSSR count). The third-order valence-corrected chi connectivity index (χ3v) is 4.77. The first-order chi connectivity index (χ1) is 9.50. The maximum absolute atomic E-state index is 13.4. The van der Waals surface area contributed by atoms with Crippen molar-refractivity contribution >= 4 is 11.3 Å². The number of thiazole rings is 1. The molecule has 0 aliphatic heterocycles. The molecular weight excluding hydrogens is 275 g/mol. The Hall–Kier alpha value is -1.30. The second-order valence-electron chi connectivity index (χ2n) is 5.08. The van der Waals surface area contributed by atoms with E-state index in [4.69, 9.17) is 5.73 Å². The molecule has 20 heavy (non-hydrogen) atoms. The van der Waals surface area contributed by atoms with Gasteiger partial charge in [0.25, 0.3) is 0 Å². The molecule has 0 bridgehead atoms. The van der Waals surface area contributed by atoms with Gasteiger partial charge in [0.1, 0.15) is 5.82 Å². The topological polar surface area (TPSA) is 59.1 Å². The standard InChI is InChI=1S/C15H19FN2OS/c1-10-11(2)20-14(18-10)7-15(8-17,9-19)12-4-3-5-13(16)6-12/h3-6,19H,7-9,17H2,1-2H3. The predicted octanol–water partition coefficient (Wildman–Crippen LogP) is 2.33. The molecule has 0 aliphatic rings. The van der Waals surface area contributed by atoms with Gasteiger partial charge in [0.15, 0.2) is 0 Å². The van der Waals surface area contributed by atoms with Crippen LogP contribution in [0.4, 0.5) is 4.39 Å². The molecule has 0 radical (unpaired) electrons. The first kappa shape index (κ1) is 15.1. The highest BCUT2D eigenvalue weighted by Gasteiger charge is 2.32. The summed E-state index contributed by atoms with van der Waals surface area (Å²) in [4.78, 5) is 5.65. The van der Waals surface area contributed by atoms with Gasteiger partial charge in [-0.2, -0.15) is 0 Å². The zero-order valence-electron chi connectivity index (χ0n) is 11.7. The average molecular weight is 294 g/mol. The number of hydrogen-bond acceptors (Lipinski definition) is 4. The third-order valence-electron chi connectivity index (χ3n) is 3.69. The van der Waals surface area contributed by atoms with Gasteiger partial charge in [0.2, 0.25) is 0 Å². The van der Waals surface area contributed by atoms with Gasteiger partial charge in [-0.3, -0.25) is 0 Å². The third kappa shape index (κ3) is 2.90. The number of nitrogens with zero attached hydrogens (tertiary/aromatic N) is 1. The first-order valence-corrected chi connectivity index (χ1v) is 7.32. The summed E-state index contributed by atoms with van der Waals surface area (Å²) in [6.07, 6.45) is 0.517. The van der Waals surface area contributed by atoms with Gasteiger partial charge in [-0.25, -0.2) is 9.37 Å². The van der Waals surface area contributed by atoms with E-state index in [1.165, 1.54) is 12.1 Å². The van der Waals surface area contributed by atoms with Crippen LogP contribution in [0.3, 0.4) is 0 Å². The summed E-state index contributed by atoms with van der Waals surface area (Å²) in [6.45, 7) is 4.08. The van der Waals surface area contributed by atoms with Gasteiger partial charge >= 0.3 is 0 Å². The van der Waals surface area contributed by atoms with Crippen LogP contribution in [0.1, 0.15) is 21.1 Å². The molecule has 0 saturated carbocycles. The molecule has 1 heterocycles. The van der Waals surface area contributed by atoms with Gasteiger partial charge in [-0.1, -0.05) is 12.1 Å². The number of benzene rings is 1. The lowest BCUT2D eigenvalue weighted by atomic mass is 9.78. The highest BCUT2D eigenvalue weighted by atomic mass is 32.1. The summed E-state index contributed by atoms with van der Waals surface area (Å²) in [5, 5.41) is 10.8. The molecule has 3 N–H and O–H groups in total. The largest absolute Gasteiger partial charge is 0.395 e. The Kier molecular flexibility index (Phi) is 4.52. The molecule has 0 fully saturated rings. The molecule has 0 amide bonds. The summed E-state index contributed by atoms with van der Waals surface area (Å²) in [6, 6.07) is 6.28. The van der Waals surface area contributed by atoms with Crippen molar-refractivity contribution in [2.24, 2.45) is 5.73 Å². The van der Waals surface area contributed by atoms with Crippen molar-refractivity contribution in [3.63, 3.8) is 0 Å². The second kappa shape index (κ2) is 5.99. The van der Waals surface area contributed by atoms with E-state index >= 15 is 0 Å². The number of aliphatic hydroxyl groups is 1. The molecule has 108 valence electrons. The van der Waals surface area contributed by atoms with Crippen molar-refractivity contribution in [3.8, 4) is 0 Å². The van der Waals surface area contributed by atoms with Crippen molar-refractivity contribution in [2.45, 2.75) is 25.7 Å². The molecule has 1 atom stereocenters. The SMILES string of the molecule is Cc1nc(CC(CN)(CO)c2cccc(F)c2)sc1C. The summed E-state index contributed by atoms with van der Waals surface area (Å²) in [7, 11) is 0. The Morgan fingerprint density at radius 1 is 1.40 bits per heavy atom. The zero-order valence-corrected chi connectivity index (χ0v) is 12.5. The van der Waals surface area contributed by atoms with E-state index in [-0.39, 0.29) is 19.0 Å². The lowest BCUT2D eigenvalue weighted by molar-refractivity contribution is 0.195. The van der Waals surface area contributed by atoms with E-state index in [9.17, 15) is 9.50 Å². The fraction of sp³-hybridized carbons (Fsp3) is 0.400. The number of hydrogen-bond donors (Lipinski definition) is 2. The monoisotopic (exact) mass is 294 g/mol. The quantitative estimate of drug-likeness (QED) is 0.890. The lowest BCUT2D eigenvalue weighted by Crippen LogP contribution is -2.41. The Morgan fingerprint density at radius 2 is 2.15 bits per heavy atom. The summed E-state index contributed by atoms with van der Waals surface area (Å²) >= 11 is 1.60. The molecule has 1 aromatic carbocycles. The van der Waals surface area contributed by atoms with Crippen LogP contribution in [-0.4, -0.2) is 23.2 Å². The minimum Gasteiger partial charge on any atom is -0.395 e. The number of aliphatic hydroxyl groups excluding tert-OH is 1. The summed E-state index contributed by atoms with van der Waals surface area (Å²) < 4.78 is 13.4. The maximum Gasteiger partial charge on any atom is 0.123 e. The molecule has 0 saturated heterocycles. The van der Waals surface area contributed by atoms with E-state index in [2.05, 4.69) is 4.98 Å². The highest BCUT2D eigenvalue weighted by molar-refractivity contribution is 7.11. The summed E-state index contributed by atoms with van der Waals surface area (Å²) in [5.41, 5.74) is 6.92. The number of rotatable bonds is 5. The Bertz CT molecular complexity index is 574. The molecule has 0 aliphatic carbocycles. The van der Waals surface area contributed by atoms with Gasteiger partial charge in [-0.15, -0.1) is 11.3 Å². The molecule has 0 spiro atoms. The second-order valence-corrected chi connectivity index (χ2v) is 6.37. The smallest absolute Gasteiger partial charge is 0.123 e. The van der Waals surface area contributed by atoms with Crippen molar-refractivity contribution in [1.29, 1.82) is 0 Å². The minimum absolute atomic E-state index is 0.134. The van der Waals surface area contributed by atoms with Crippen LogP contribution in [-0.2, 0) is 11.8 Å². The molecule has 3 nitrogen and oxygen atoms in total. The number of halogens is 1. The Labute approximate surface area is 122 Å². The molecule has 1 aromatic heterocycles. The van der Waals surface area contributed by atoms with Crippen LogP contribution in [0.15, 0.2) is 24.3 Å². The number of aryl methyl sites for hydroxylation is 2. The first-order valence-electron chi connectivity index (χ1n) is 6.50. The number of nitrogens with two attached hydrogens (primary N) is 1. The molecule has 1 unspecified atom stereocenters. The van der Waals surface area contributed by atoms with Crippen LogP contribution >= 0.6 is 11.3 Å². The van der Waals surface area contributed by atoms with Crippen LogP contribution < -0.4 is 5.73 Å². The predicted molar refractivity (Wildman–Crippen MR) is 79.5 cm³/mol. The maximum atomic E-state index is 13.4. The lowest BCUT2D eigenvalue weighted by Gasteiger charge is -2.30. The van der Waals surface area contributed by atoms with Crippen LogP contribution in [0.25, 0.3) is 0 Å². The fourth-order valence-corrected chi connectivity index (χ4v) is 3.30. The van der Waals surface area contributed by atoms with Gasteiger partial charge in [-0.05, 0) is 31.5 Å². The summed E-state index contributed by atoms with van der Waals surface area (Å²) in [5.74, 6) is -0.319. The van der Waals surface area contributed by atoms with E-state index in [0.717, 1.165) is 15.6 Å². The van der Waals surface area contributed by atoms with Crippen LogP contribution in [0, 0.1) is 19.7 Å². The molecule has 5 heteroatoms. The zero-order chi connectivity index (χ0) is 14.8. The van der Waals surface area contributed by atoms with Crippen LogP contribution in [0.2, 0.25) is 0 Å². The van der Waals surface area contributed by atoms with Gasteiger partial charge < -0.3 is 10.8 Å². The van der Waals surface area contributed by atoms with Crippen molar-refractivity contribution in [2.75, 3.05) is 13.2 Å². The minimum atomic E-state index is -0.682. The number of aromatic nitrogens is 1. The van der Waals surface area contributed by atoms with E-state index in [1.54, 1.807) is 23.5 Å². The van der Waals surface area contributed by atoms with E-state index in [0.29, 0.717) is 12.0 Å². The van der Waals surface area contributed by atoms with Crippen molar-refractivity contribution in [1.82, 2.24) is 4.98 Å².